The van der Waals surface area contributed by atoms with Crippen LogP contribution in [0, 0.1) is 0 Å². The first-order valence-electron chi connectivity index (χ1n) is 3.98. The van der Waals surface area contributed by atoms with Crippen LogP contribution in [0.25, 0.3) is 0 Å². The molecule has 0 aromatic carbocycles. The number of aliphatic hydroxyl groups excluding tert-OH is 1. The van der Waals surface area contributed by atoms with Crippen LogP contribution in [-0.4, -0.2) is 17.8 Å². The summed E-state index contributed by atoms with van der Waals surface area (Å²) in [5.41, 5.74) is 0.0309. The maximum Gasteiger partial charge on any atom is 0.427 e. The SMILES string of the molecule is CC(O)CNc1ccsc1C(F)(F)F. The van der Waals surface area contributed by atoms with Crippen molar-refractivity contribution in [3.05, 3.63) is 16.3 Å². The summed E-state index contributed by atoms with van der Waals surface area (Å²) in [6.45, 7) is 1.62. The molecule has 0 aliphatic heterocycles. The minimum absolute atomic E-state index is 0.0309. The Morgan fingerprint density at radius 1 is 1.57 bits per heavy atom. The molecule has 6 heteroatoms. The normalized spacial score (nSPS) is 14.1. The Morgan fingerprint density at radius 2 is 2.21 bits per heavy atom. The molecule has 1 atom stereocenters. The van der Waals surface area contributed by atoms with Crippen molar-refractivity contribution in [1.29, 1.82) is 0 Å². The first-order chi connectivity index (χ1) is 6.41. The number of hydrogen-bond donors (Lipinski definition) is 2. The van der Waals surface area contributed by atoms with Crippen LogP contribution in [0.4, 0.5) is 18.9 Å². The second-order valence-electron chi connectivity index (χ2n) is 2.89. The van der Waals surface area contributed by atoms with E-state index in [0.717, 1.165) is 0 Å². The standard InChI is InChI=1S/C8H10F3NOS/c1-5(13)4-12-6-2-3-14-7(6)8(9,10)11/h2-3,5,12-13H,4H2,1H3. The monoisotopic (exact) mass is 225 g/mol. The minimum Gasteiger partial charge on any atom is -0.392 e. The van der Waals surface area contributed by atoms with Crippen molar-refractivity contribution < 1.29 is 18.3 Å². The second-order valence-corrected chi connectivity index (χ2v) is 3.81. The third-order valence-corrected chi connectivity index (χ3v) is 2.47. The lowest BCUT2D eigenvalue weighted by Gasteiger charge is -2.10. The molecule has 0 bridgehead atoms. The van der Waals surface area contributed by atoms with Gasteiger partial charge in [-0.05, 0) is 18.4 Å². The molecule has 0 aliphatic rings. The minimum atomic E-state index is -4.32. The number of alkyl halides is 3. The molecule has 80 valence electrons. The van der Waals surface area contributed by atoms with Crippen molar-refractivity contribution in [3.63, 3.8) is 0 Å². The molecular weight excluding hydrogens is 215 g/mol. The van der Waals surface area contributed by atoms with E-state index in [4.69, 9.17) is 5.11 Å². The molecule has 1 aromatic rings. The Kier molecular flexibility index (Phi) is 3.38. The number of thiophene rings is 1. The smallest absolute Gasteiger partial charge is 0.392 e. The Balaban J connectivity index is 2.73. The average molecular weight is 225 g/mol. The highest BCUT2D eigenvalue weighted by molar-refractivity contribution is 7.10. The van der Waals surface area contributed by atoms with Crippen LogP contribution in [-0.2, 0) is 6.18 Å². The number of halogens is 3. The summed E-state index contributed by atoms with van der Waals surface area (Å²) in [7, 11) is 0. The second kappa shape index (κ2) is 4.18. The van der Waals surface area contributed by atoms with Crippen LogP contribution in [0.3, 0.4) is 0 Å². The fraction of sp³-hybridized carbons (Fsp3) is 0.500. The van der Waals surface area contributed by atoms with Crippen LogP contribution in [0.2, 0.25) is 0 Å². The van der Waals surface area contributed by atoms with E-state index in [1.54, 1.807) is 0 Å². The lowest BCUT2D eigenvalue weighted by molar-refractivity contribution is -0.133. The highest BCUT2D eigenvalue weighted by atomic mass is 32.1. The van der Waals surface area contributed by atoms with Crippen molar-refractivity contribution in [2.75, 3.05) is 11.9 Å². The Morgan fingerprint density at radius 3 is 2.71 bits per heavy atom. The van der Waals surface area contributed by atoms with Crippen molar-refractivity contribution in [3.8, 4) is 0 Å². The molecule has 0 saturated heterocycles. The van der Waals surface area contributed by atoms with E-state index in [1.165, 1.54) is 18.4 Å². The summed E-state index contributed by atoms with van der Waals surface area (Å²) in [5.74, 6) is 0. The molecule has 0 amide bonds. The van der Waals surface area contributed by atoms with Gasteiger partial charge in [-0.25, -0.2) is 0 Å². The van der Waals surface area contributed by atoms with Gasteiger partial charge in [0.05, 0.1) is 11.8 Å². The van der Waals surface area contributed by atoms with Gasteiger partial charge in [0.25, 0.3) is 0 Å². The van der Waals surface area contributed by atoms with Gasteiger partial charge in [-0.3, -0.25) is 0 Å². The number of rotatable bonds is 3. The molecule has 1 aromatic heterocycles. The highest BCUT2D eigenvalue weighted by Gasteiger charge is 2.34. The van der Waals surface area contributed by atoms with Crippen LogP contribution < -0.4 is 5.32 Å². The van der Waals surface area contributed by atoms with Gasteiger partial charge in [0.1, 0.15) is 4.88 Å². The quantitative estimate of drug-likeness (QED) is 0.828. The maximum absolute atomic E-state index is 12.3. The molecule has 14 heavy (non-hydrogen) atoms. The van der Waals surface area contributed by atoms with Gasteiger partial charge in [-0.1, -0.05) is 0 Å². The van der Waals surface area contributed by atoms with Crippen molar-refractivity contribution in [2.45, 2.75) is 19.2 Å². The molecular formula is C8H10F3NOS. The van der Waals surface area contributed by atoms with E-state index in [9.17, 15) is 13.2 Å². The molecule has 0 fully saturated rings. The number of nitrogens with one attached hydrogen (secondary N) is 1. The zero-order valence-corrected chi connectivity index (χ0v) is 8.25. The van der Waals surface area contributed by atoms with E-state index in [2.05, 4.69) is 5.32 Å². The first-order valence-corrected chi connectivity index (χ1v) is 4.86. The van der Waals surface area contributed by atoms with Gasteiger partial charge >= 0.3 is 6.18 Å². The van der Waals surface area contributed by atoms with Gasteiger partial charge in [-0.2, -0.15) is 13.2 Å². The summed E-state index contributed by atoms with van der Waals surface area (Å²) < 4.78 is 36.9. The molecule has 1 unspecified atom stereocenters. The topological polar surface area (TPSA) is 32.3 Å². The molecule has 2 nitrogen and oxygen atoms in total. The summed E-state index contributed by atoms with van der Waals surface area (Å²) >= 11 is 0.639. The summed E-state index contributed by atoms with van der Waals surface area (Å²) in [6.07, 6.45) is -4.99. The molecule has 0 aliphatic carbocycles. The van der Waals surface area contributed by atoms with Gasteiger partial charge in [0.2, 0.25) is 0 Å². The molecule has 0 saturated carbocycles. The van der Waals surface area contributed by atoms with Gasteiger partial charge in [-0.15, -0.1) is 11.3 Å². The molecule has 1 heterocycles. The maximum atomic E-state index is 12.3. The lowest BCUT2D eigenvalue weighted by Crippen LogP contribution is -2.17. The largest absolute Gasteiger partial charge is 0.427 e. The molecule has 1 rings (SSSR count). The predicted octanol–water partition coefficient (Wildman–Crippen LogP) is 2.56. The van der Waals surface area contributed by atoms with Crippen molar-refractivity contribution in [2.24, 2.45) is 0 Å². The van der Waals surface area contributed by atoms with Crippen LogP contribution in [0.5, 0.6) is 0 Å². The van der Waals surface area contributed by atoms with Gasteiger partial charge in [0.15, 0.2) is 0 Å². The third-order valence-electron chi connectivity index (χ3n) is 1.51. The zero-order valence-electron chi connectivity index (χ0n) is 7.43. The van der Waals surface area contributed by atoms with Gasteiger partial charge < -0.3 is 10.4 Å². The fourth-order valence-electron chi connectivity index (χ4n) is 0.926. The molecule has 2 N–H and O–H groups in total. The number of aliphatic hydroxyl groups is 1. The average Bonchev–Trinajstić information content (AvgIpc) is 2.46. The van der Waals surface area contributed by atoms with Crippen molar-refractivity contribution >= 4 is 17.0 Å². The third kappa shape index (κ3) is 2.88. The first kappa shape index (κ1) is 11.3. The van der Waals surface area contributed by atoms with E-state index in [0.29, 0.717) is 11.3 Å². The summed E-state index contributed by atoms with van der Waals surface area (Å²) in [5, 5.41) is 12.8. The molecule has 0 radical (unpaired) electrons. The van der Waals surface area contributed by atoms with E-state index in [1.807, 2.05) is 0 Å². The predicted molar refractivity (Wildman–Crippen MR) is 49.5 cm³/mol. The Bertz CT molecular complexity index is 295. The lowest BCUT2D eigenvalue weighted by atomic mass is 10.3. The Labute approximate surface area is 83.4 Å². The fourth-order valence-corrected chi connectivity index (χ4v) is 1.67. The molecule has 0 spiro atoms. The van der Waals surface area contributed by atoms with Crippen LogP contribution in [0.15, 0.2) is 11.4 Å². The summed E-state index contributed by atoms with van der Waals surface area (Å²) in [4.78, 5) is -0.654. The van der Waals surface area contributed by atoms with E-state index in [-0.39, 0.29) is 12.2 Å². The van der Waals surface area contributed by atoms with Crippen LogP contribution >= 0.6 is 11.3 Å². The van der Waals surface area contributed by atoms with Gasteiger partial charge in [0, 0.05) is 6.54 Å². The van der Waals surface area contributed by atoms with E-state index >= 15 is 0 Å². The van der Waals surface area contributed by atoms with E-state index < -0.39 is 17.2 Å². The number of anilines is 1. The highest BCUT2D eigenvalue weighted by Crippen LogP contribution is 2.38. The van der Waals surface area contributed by atoms with Crippen molar-refractivity contribution in [1.82, 2.24) is 0 Å². The van der Waals surface area contributed by atoms with Crippen LogP contribution in [0.1, 0.15) is 11.8 Å². The summed E-state index contributed by atoms with van der Waals surface area (Å²) in [6, 6.07) is 1.36. The zero-order chi connectivity index (χ0) is 10.8. The number of hydrogen-bond acceptors (Lipinski definition) is 3. The Hall–Kier alpha value is -0.750.